The maximum atomic E-state index is 11.6. The van der Waals surface area contributed by atoms with Gasteiger partial charge in [0, 0.05) is 5.56 Å². The van der Waals surface area contributed by atoms with E-state index in [1.54, 1.807) is 6.07 Å². The zero-order chi connectivity index (χ0) is 11.1. The van der Waals surface area contributed by atoms with Crippen molar-refractivity contribution in [3.63, 3.8) is 0 Å². The minimum atomic E-state index is -0.185. The van der Waals surface area contributed by atoms with Gasteiger partial charge in [0.25, 0.3) is 5.56 Å². The number of rotatable bonds is 2. The normalized spacial score (nSPS) is 15.2. The number of hydrogen-bond donors (Lipinski definition) is 1. The Balaban J connectivity index is 2.42. The molecule has 0 bridgehead atoms. The highest BCUT2D eigenvalue weighted by Crippen LogP contribution is 2.42. The number of aromatic amines is 1. The van der Waals surface area contributed by atoms with E-state index in [4.69, 9.17) is 0 Å². The van der Waals surface area contributed by atoms with E-state index in [9.17, 15) is 9.59 Å². The van der Waals surface area contributed by atoms with Gasteiger partial charge in [0.15, 0.2) is 0 Å². The summed E-state index contributed by atoms with van der Waals surface area (Å²) in [4.78, 5) is 29.2. The Labute approximate surface area is 91.3 Å². The molecule has 0 saturated heterocycles. The molecule has 1 aliphatic carbocycles. The molecule has 1 aromatic heterocycles. The first-order valence-electron chi connectivity index (χ1n) is 5.26. The second-order valence-corrected chi connectivity index (χ2v) is 4.13. The molecule has 4 nitrogen and oxygen atoms in total. The average molecular weight is 214 g/mol. The van der Waals surface area contributed by atoms with Crippen molar-refractivity contribution in [2.45, 2.75) is 18.8 Å². The van der Waals surface area contributed by atoms with E-state index in [-0.39, 0.29) is 5.56 Å². The number of H-pyrrole nitrogens is 1. The van der Waals surface area contributed by atoms with Crippen molar-refractivity contribution < 1.29 is 4.79 Å². The smallest absolute Gasteiger partial charge is 0.258 e. The van der Waals surface area contributed by atoms with E-state index in [1.807, 2.05) is 6.07 Å². The lowest BCUT2D eigenvalue weighted by Crippen LogP contribution is -2.08. The van der Waals surface area contributed by atoms with Crippen LogP contribution in [0.15, 0.2) is 23.3 Å². The summed E-state index contributed by atoms with van der Waals surface area (Å²) in [6.45, 7) is 0. The first-order chi connectivity index (χ1) is 7.79. The lowest BCUT2D eigenvalue weighted by atomic mass is 10.0. The summed E-state index contributed by atoms with van der Waals surface area (Å²) >= 11 is 0. The van der Waals surface area contributed by atoms with E-state index in [1.165, 1.54) is 6.33 Å². The van der Waals surface area contributed by atoms with Crippen molar-refractivity contribution in [2.75, 3.05) is 0 Å². The lowest BCUT2D eigenvalue weighted by Gasteiger charge is -2.04. The van der Waals surface area contributed by atoms with Crippen LogP contribution in [0.2, 0.25) is 0 Å². The van der Waals surface area contributed by atoms with Crippen LogP contribution in [0.3, 0.4) is 0 Å². The van der Waals surface area contributed by atoms with Gasteiger partial charge < -0.3 is 4.98 Å². The van der Waals surface area contributed by atoms with Gasteiger partial charge in [-0.2, -0.15) is 0 Å². The molecule has 0 spiro atoms. The molecule has 0 radical (unpaired) electrons. The Hall–Kier alpha value is -1.97. The largest absolute Gasteiger partial charge is 0.313 e. The van der Waals surface area contributed by atoms with Crippen molar-refractivity contribution in [1.29, 1.82) is 0 Å². The lowest BCUT2D eigenvalue weighted by molar-refractivity contribution is 0.112. The van der Waals surface area contributed by atoms with Crippen LogP contribution in [0.4, 0.5) is 0 Å². The molecule has 0 amide bonds. The Morgan fingerprint density at radius 3 is 2.88 bits per heavy atom. The van der Waals surface area contributed by atoms with Gasteiger partial charge in [-0.25, -0.2) is 4.98 Å². The number of aromatic nitrogens is 2. The van der Waals surface area contributed by atoms with Crippen LogP contribution in [0, 0.1) is 0 Å². The van der Waals surface area contributed by atoms with Crippen molar-refractivity contribution >= 4 is 17.2 Å². The molecule has 16 heavy (non-hydrogen) atoms. The Morgan fingerprint density at radius 2 is 2.19 bits per heavy atom. The van der Waals surface area contributed by atoms with Gasteiger partial charge in [0.1, 0.15) is 6.29 Å². The average Bonchev–Trinajstić information content (AvgIpc) is 3.12. The number of carbonyl (C=O) groups excluding carboxylic acids is 1. The minimum absolute atomic E-state index is 0.185. The van der Waals surface area contributed by atoms with E-state index in [0.29, 0.717) is 16.9 Å². The number of nitrogens with zero attached hydrogens (tertiary/aromatic N) is 1. The van der Waals surface area contributed by atoms with Crippen molar-refractivity contribution in [3.05, 3.63) is 39.9 Å². The first kappa shape index (κ1) is 9.27. The van der Waals surface area contributed by atoms with E-state index in [2.05, 4.69) is 9.97 Å². The maximum absolute atomic E-state index is 11.6. The highest BCUT2D eigenvalue weighted by atomic mass is 16.1. The third-order valence-corrected chi connectivity index (χ3v) is 2.95. The van der Waals surface area contributed by atoms with Gasteiger partial charge in [0.05, 0.1) is 17.2 Å². The SMILES string of the molecule is O=Cc1cc(C2CC2)c2nc[nH]c(=O)c2c1. The number of carbonyl (C=O) groups is 1. The molecule has 1 saturated carbocycles. The van der Waals surface area contributed by atoms with Gasteiger partial charge in [0.2, 0.25) is 0 Å². The molecule has 1 aliphatic rings. The predicted molar refractivity (Wildman–Crippen MR) is 59.7 cm³/mol. The quantitative estimate of drug-likeness (QED) is 0.772. The summed E-state index contributed by atoms with van der Waals surface area (Å²) in [5, 5.41) is 0.508. The second-order valence-electron chi connectivity index (χ2n) is 4.13. The van der Waals surface area contributed by atoms with Crippen LogP contribution in [-0.2, 0) is 0 Å². The summed E-state index contributed by atoms with van der Waals surface area (Å²) in [6, 6.07) is 3.44. The van der Waals surface area contributed by atoms with E-state index in [0.717, 1.165) is 30.2 Å². The number of aldehydes is 1. The first-order valence-corrected chi connectivity index (χ1v) is 5.26. The van der Waals surface area contributed by atoms with Gasteiger partial charge in [-0.15, -0.1) is 0 Å². The molecule has 0 aliphatic heterocycles. The number of hydrogen-bond acceptors (Lipinski definition) is 3. The summed E-state index contributed by atoms with van der Waals surface area (Å²) in [5.41, 5.74) is 2.13. The summed E-state index contributed by atoms with van der Waals surface area (Å²) in [6.07, 6.45) is 4.42. The highest BCUT2D eigenvalue weighted by molar-refractivity contribution is 5.89. The molecular formula is C12H10N2O2. The highest BCUT2D eigenvalue weighted by Gasteiger charge is 2.26. The fourth-order valence-electron chi connectivity index (χ4n) is 2.00. The Bertz CT molecular complexity index is 626. The van der Waals surface area contributed by atoms with Crippen molar-refractivity contribution in [1.82, 2.24) is 9.97 Å². The van der Waals surface area contributed by atoms with Gasteiger partial charge in [-0.3, -0.25) is 9.59 Å². The second kappa shape index (κ2) is 3.27. The topological polar surface area (TPSA) is 62.8 Å². The molecule has 1 fully saturated rings. The maximum Gasteiger partial charge on any atom is 0.258 e. The molecule has 2 aromatic rings. The minimum Gasteiger partial charge on any atom is -0.313 e. The Kier molecular flexibility index (Phi) is 1.89. The molecule has 0 atom stereocenters. The monoisotopic (exact) mass is 214 g/mol. The van der Waals surface area contributed by atoms with E-state index >= 15 is 0 Å². The number of fused-ring (bicyclic) bond motifs is 1. The van der Waals surface area contributed by atoms with Crippen molar-refractivity contribution in [3.8, 4) is 0 Å². The molecular weight excluding hydrogens is 204 g/mol. The van der Waals surface area contributed by atoms with Crippen LogP contribution < -0.4 is 5.56 Å². The molecule has 1 aromatic carbocycles. The predicted octanol–water partition coefficient (Wildman–Crippen LogP) is 1.61. The summed E-state index contributed by atoms with van der Waals surface area (Å²) < 4.78 is 0. The fraction of sp³-hybridized carbons (Fsp3) is 0.250. The van der Waals surface area contributed by atoms with E-state index < -0.39 is 0 Å². The van der Waals surface area contributed by atoms with Crippen LogP contribution >= 0.6 is 0 Å². The molecule has 0 unspecified atom stereocenters. The van der Waals surface area contributed by atoms with Crippen LogP contribution in [0.25, 0.3) is 10.9 Å². The molecule has 3 rings (SSSR count). The third-order valence-electron chi connectivity index (χ3n) is 2.95. The number of benzene rings is 1. The Morgan fingerprint density at radius 1 is 1.38 bits per heavy atom. The standard InChI is InChI=1S/C12H10N2O2/c15-5-7-3-9(8-1-2-8)11-10(4-7)12(16)14-6-13-11/h3-6,8H,1-2H2,(H,13,14,16). The van der Waals surface area contributed by atoms with Crippen LogP contribution in [0.5, 0.6) is 0 Å². The summed E-state index contributed by atoms with van der Waals surface area (Å²) in [7, 11) is 0. The van der Waals surface area contributed by atoms with Gasteiger partial charge in [-0.05, 0) is 36.5 Å². The van der Waals surface area contributed by atoms with Gasteiger partial charge >= 0.3 is 0 Å². The molecule has 1 heterocycles. The molecule has 80 valence electrons. The van der Waals surface area contributed by atoms with Crippen LogP contribution in [0.1, 0.15) is 34.7 Å². The third kappa shape index (κ3) is 1.34. The van der Waals surface area contributed by atoms with Crippen molar-refractivity contribution in [2.24, 2.45) is 0 Å². The molecule has 4 heteroatoms. The summed E-state index contributed by atoms with van der Waals surface area (Å²) in [5.74, 6) is 0.469. The molecule has 1 N–H and O–H groups in total. The fourth-order valence-corrected chi connectivity index (χ4v) is 2.00. The zero-order valence-corrected chi connectivity index (χ0v) is 8.56. The zero-order valence-electron chi connectivity index (χ0n) is 8.56. The number of nitrogens with one attached hydrogen (secondary N) is 1. The van der Waals surface area contributed by atoms with Crippen LogP contribution in [-0.4, -0.2) is 16.3 Å². The van der Waals surface area contributed by atoms with Gasteiger partial charge in [-0.1, -0.05) is 0 Å².